The number of benzene rings is 1. The Morgan fingerprint density at radius 1 is 1.26 bits per heavy atom. The van der Waals surface area contributed by atoms with Crippen LogP contribution >= 0.6 is 0 Å². The molecule has 0 saturated carbocycles. The molecule has 9 heteroatoms. The van der Waals surface area contributed by atoms with Crippen molar-refractivity contribution in [2.45, 2.75) is 52.4 Å². The second-order valence-corrected chi connectivity index (χ2v) is 9.12. The predicted octanol–water partition coefficient (Wildman–Crippen LogP) is 3.61. The van der Waals surface area contributed by atoms with E-state index >= 15 is 0 Å². The van der Waals surface area contributed by atoms with Gasteiger partial charge in [-0.2, -0.15) is 5.10 Å². The highest BCUT2D eigenvalue weighted by atomic mass is 16.5. The van der Waals surface area contributed by atoms with Crippen LogP contribution in [0.5, 0.6) is 0 Å². The minimum atomic E-state index is 0.180. The number of aromatic nitrogens is 4. The van der Waals surface area contributed by atoms with Crippen molar-refractivity contribution in [3.63, 3.8) is 0 Å². The molecule has 2 aromatic heterocycles. The summed E-state index contributed by atoms with van der Waals surface area (Å²) in [5, 5.41) is 7.51. The number of likely N-dealkylation sites (tertiary alicyclic amines) is 1. The van der Waals surface area contributed by atoms with Crippen molar-refractivity contribution in [1.82, 2.24) is 24.6 Å². The number of aryl methyl sites for hydroxylation is 2. The zero-order valence-corrected chi connectivity index (χ0v) is 20.9. The lowest BCUT2D eigenvalue weighted by Gasteiger charge is -2.40. The number of hydrogen-bond acceptors (Lipinski definition) is 7. The van der Waals surface area contributed by atoms with E-state index in [1.807, 2.05) is 35.7 Å². The smallest absolute Gasteiger partial charge is 0.227 e. The van der Waals surface area contributed by atoms with E-state index in [0.717, 1.165) is 28.9 Å². The van der Waals surface area contributed by atoms with E-state index in [1.165, 1.54) is 5.56 Å². The quantitative estimate of drug-likeness (QED) is 0.450. The van der Waals surface area contributed by atoms with Crippen LogP contribution in [0, 0.1) is 6.92 Å². The van der Waals surface area contributed by atoms with Crippen LogP contribution in [-0.2, 0) is 27.2 Å². The first kappa shape index (κ1) is 24.8. The van der Waals surface area contributed by atoms with Crippen molar-refractivity contribution in [2.24, 2.45) is 0 Å². The SMILES string of the molecule is COCCn1cc(Nc2nccc(-c3ccc(CCC(=O)N4CC(OC(C)C)C4)c(C)c3)n2)cn1. The Morgan fingerprint density at radius 3 is 2.83 bits per heavy atom. The number of nitrogens with one attached hydrogen (secondary N) is 1. The van der Waals surface area contributed by atoms with Crippen LogP contribution in [0.15, 0.2) is 42.9 Å². The molecule has 1 aromatic carbocycles. The van der Waals surface area contributed by atoms with Crippen LogP contribution in [0.1, 0.15) is 31.4 Å². The van der Waals surface area contributed by atoms with Gasteiger partial charge in [0.1, 0.15) is 0 Å². The topological polar surface area (TPSA) is 94.4 Å². The maximum absolute atomic E-state index is 12.5. The minimum absolute atomic E-state index is 0.180. The highest BCUT2D eigenvalue weighted by Gasteiger charge is 2.31. The third kappa shape index (κ3) is 6.64. The number of carbonyl (C=O) groups excluding carboxylic acids is 1. The number of hydrogen-bond donors (Lipinski definition) is 1. The Bertz CT molecular complexity index is 1140. The van der Waals surface area contributed by atoms with Gasteiger partial charge in [0.05, 0.1) is 42.9 Å². The fourth-order valence-corrected chi connectivity index (χ4v) is 4.09. The Hall–Kier alpha value is -3.30. The minimum Gasteiger partial charge on any atom is -0.383 e. The van der Waals surface area contributed by atoms with Crippen molar-refractivity contribution < 1.29 is 14.3 Å². The van der Waals surface area contributed by atoms with Gasteiger partial charge in [0, 0.05) is 44.6 Å². The van der Waals surface area contributed by atoms with Gasteiger partial charge in [-0.25, -0.2) is 9.97 Å². The maximum Gasteiger partial charge on any atom is 0.227 e. The number of amides is 1. The van der Waals surface area contributed by atoms with Crippen LogP contribution in [0.25, 0.3) is 11.3 Å². The largest absolute Gasteiger partial charge is 0.383 e. The zero-order valence-electron chi connectivity index (χ0n) is 20.9. The van der Waals surface area contributed by atoms with E-state index < -0.39 is 0 Å². The lowest BCUT2D eigenvalue weighted by Crippen LogP contribution is -2.55. The second kappa shape index (κ2) is 11.4. The highest BCUT2D eigenvalue weighted by molar-refractivity contribution is 5.77. The molecule has 0 bridgehead atoms. The van der Waals surface area contributed by atoms with Gasteiger partial charge in [-0.15, -0.1) is 0 Å². The molecule has 4 rings (SSSR count). The molecule has 1 aliphatic heterocycles. The van der Waals surface area contributed by atoms with Crippen molar-refractivity contribution in [3.05, 3.63) is 54.0 Å². The highest BCUT2D eigenvalue weighted by Crippen LogP contribution is 2.24. The summed E-state index contributed by atoms with van der Waals surface area (Å²) in [6.07, 6.45) is 6.99. The Labute approximate surface area is 206 Å². The van der Waals surface area contributed by atoms with Gasteiger partial charge in [-0.1, -0.05) is 12.1 Å². The van der Waals surface area contributed by atoms with E-state index in [0.29, 0.717) is 38.6 Å². The number of nitrogens with zero attached hydrogens (tertiary/aromatic N) is 5. The first-order valence-corrected chi connectivity index (χ1v) is 12.1. The third-order valence-corrected chi connectivity index (χ3v) is 5.98. The standard InChI is InChI=1S/C26H34N6O3/c1-18(2)35-23-16-31(17-23)25(33)8-7-20-5-6-21(13-19(20)3)24-9-10-27-26(30-24)29-22-14-28-32(15-22)11-12-34-4/h5-6,9-10,13-15,18,23H,7-8,11-12,16-17H2,1-4H3,(H,27,29,30). The number of rotatable bonds is 11. The van der Waals surface area contributed by atoms with E-state index in [4.69, 9.17) is 9.47 Å². The molecular formula is C26H34N6O3. The van der Waals surface area contributed by atoms with Gasteiger partial charge in [-0.05, 0) is 50.5 Å². The number of methoxy groups -OCH3 is 1. The molecule has 9 nitrogen and oxygen atoms in total. The molecule has 0 atom stereocenters. The average Bonchev–Trinajstić information content (AvgIpc) is 3.26. The fraction of sp³-hybridized carbons (Fsp3) is 0.462. The van der Waals surface area contributed by atoms with Gasteiger partial charge in [0.2, 0.25) is 11.9 Å². The van der Waals surface area contributed by atoms with Crippen molar-refractivity contribution in [1.29, 1.82) is 0 Å². The van der Waals surface area contributed by atoms with Crippen molar-refractivity contribution in [2.75, 3.05) is 32.1 Å². The van der Waals surface area contributed by atoms with Gasteiger partial charge >= 0.3 is 0 Å². The van der Waals surface area contributed by atoms with Gasteiger partial charge in [-0.3, -0.25) is 9.48 Å². The maximum atomic E-state index is 12.5. The second-order valence-electron chi connectivity index (χ2n) is 9.12. The zero-order chi connectivity index (χ0) is 24.8. The molecule has 0 radical (unpaired) electrons. The van der Waals surface area contributed by atoms with E-state index in [9.17, 15) is 4.79 Å². The summed E-state index contributed by atoms with van der Waals surface area (Å²) in [7, 11) is 1.67. The Kier molecular flexibility index (Phi) is 8.09. The molecule has 1 aliphatic rings. The molecule has 1 saturated heterocycles. The fourth-order valence-electron chi connectivity index (χ4n) is 4.09. The molecule has 3 aromatic rings. The number of carbonyl (C=O) groups is 1. The van der Waals surface area contributed by atoms with E-state index in [1.54, 1.807) is 19.5 Å². The lowest BCUT2D eigenvalue weighted by atomic mass is 9.99. The summed E-state index contributed by atoms with van der Waals surface area (Å²) in [4.78, 5) is 23.4. The number of anilines is 2. The molecular weight excluding hydrogens is 444 g/mol. The molecule has 0 spiro atoms. The predicted molar refractivity (Wildman–Crippen MR) is 135 cm³/mol. The first-order valence-electron chi connectivity index (χ1n) is 12.1. The Balaban J connectivity index is 1.33. The van der Waals surface area contributed by atoms with Crippen LogP contribution < -0.4 is 5.32 Å². The normalized spacial score (nSPS) is 13.8. The van der Waals surface area contributed by atoms with Crippen LogP contribution in [-0.4, -0.2) is 69.6 Å². The molecule has 1 N–H and O–H groups in total. The summed E-state index contributed by atoms with van der Waals surface area (Å²) in [6.45, 7) is 8.81. The molecule has 1 amide bonds. The van der Waals surface area contributed by atoms with Crippen LogP contribution in [0.4, 0.5) is 11.6 Å². The molecule has 0 unspecified atom stereocenters. The monoisotopic (exact) mass is 478 g/mol. The van der Waals surface area contributed by atoms with Crippen molar-refractivity contribution in [3.8, 4) is 11.3 Å². The van der Waals surface area contributed by atoms with Gasteiger partial charge < -0.3 is 19.7 Å². The molecule has 35 heavy (non-hydrogen) atoms. The summed E-state index contributed by atoms with van der Waals surface area (Å²) in [5.74, 6) is 0.699. The Morgan fingerprint density at radius 2 is 2.09 bits per heavy atom. The van der Waals surface area contributed by atoms with Crippen LogP contribution in [0.3, 0.4) is 0 Å². The van der Waals surface area contributed by atoms with Crippen molar-refractivity contribution >= 4 is 17.5 Å². The molecule has 0 aliphatic carbocycles. The molecule has 1 fully saturated rings. The summed E-state index contributed by atoms with van der Waals surface area (Å²) in [5.41, 5.74) is 4.98. The third-order valence-electron chi connectivity index (χ3n) is 5.98. The van der Waals surface area contributed by atoms with E-state index in [2.05, 4.69) is 45.5 Å². The summed E-state index contributed by atoms with van der Waals surface area (Å²) in [6, 6.07) is 8.15. The lowest BCUT2D eigenvalue weighted by molar-refractivity contribution is -0.148. The van der Waals surface area contributed by atoms with Gasteiger partial charge in [0.15, 0.2) is 0 Å². The summed E-state index contributed by atoms with van der Waals surface area (Å²) < 4.78 is 12.6. The summed E-state index contributed by atoms with van der Waals surface area (Å²) >= 11 is 0. The van der Waals surface area contributed by atoms with Gasteiger partial charge in [0.25, 0.3) is 0 Å². The van der Waals surface area contributed by atoms with Crippen LogP contribution in [0.2, 0.25) is 0 Å². The number of ether oxygens (including phenoxy) is 2. The first-order chi connectivity index (χ1) is 16.9. The molecule has 3 heterocycles. The van der Waals surface area contributed by atoms with E-state index in [-0.39, 0.29) is 18.1 Å². The average molecular weight is 479 g/mol. The molecule has 186 valence electrons.